The zero-order valence-corrected chi connectivity index (χ0v) is 16.8. The van der Waals surface area contributed by atoms with Gasteiger partial charge in [0.05, 0.1) is 31.4 Å². The van der Waals surface area contributed by atoms with Gasteiger partial charge in [-0.2, -0.15) is 0 Å². The molecule has 0 aromatic heterocycles. The molecule has 1 aliphatic heterocycles. The lowest BCUT2D eigenvalue weighted by Gasteiger charge is -2.40. The Morgan fingerprint density at radius 3 is 2.59 bits per heavy atom. The lowest BCUT2D eigenvalue weighted by Crippen LogP contribution is -2.52. The molecule has 142 valence electrons. The predicted octanol–water partition coefficient (Wildman–Crippen LogP) is 3.55. The molecule has 6 heteroatoms. The van der Waals surface area contributed by atoms with Gasteiger partial charge in [0.2, 0.25) is 0 Å². The fourth-order valence-corrected chi connectivity index (χ4v) is 4.05. The van der Waals surface area contributed by atoms with Crippen molar-refractivity contribution in [2.45, 2.75) is 25.9 Å². The van der Waals surface area contributed by atoms with Crippen LogP contribution in [-0.4, -0.2) is 42.8 Å². The fourth-order valence-electron chi connectivity index (χ4n) is 3.62. The molecule has 0 unspecified atom stereocenters. The maximum atomic E-state index is 12.6. The van der Waals surface area contributed by atoms with Crippen molar-refractivity contribution in [1.82, 2.24) is 10.2 Å². The Labute approximate surface area is 164 Å². The summed E-state index contributed by atoms with van der Waals surface area (Å²) < 4.78 is 10.4. The zero-order chi connectivity index (χ0) is 19.6. The van der Waals surface area contributed by atoms with Gasteiger partial charge in [-0.3, -0.25) is 0 Å². The van der Waals surface area contributed by atoms with Crippen molar-refractivity contribution in [3.63, 3.8) is 0 Å². The number of hydrogen-bond donors (Lipinski definition) is 1. The standard InChI is InChI=1S/C21H24N2O3S/c1-13(12-25-3)23-14(2)18(20(24)26-4)19(22-21(23)27)17-10-9-15-7-5-6-8-16(15)11-17/h5-11,13,19H,12H2,1-4H3,(H,22,27)/t13-,19+/m0/s1. The molecule has 0 saturated carbocycles. The monoisotopic (exact) mass is 384 g/mol. The Hall–Kier alpha value is -2.44. The van der Waals surface area contributed by atoms with Crippen LogP contribution in [-0.2, 0) is 14.3 Å². The molecular weight excluding hydrogens is 360 g/mol. The quantitative estimate of drug-likeness (QED) is 0.628. The summed E-state index contributed by atoms with van der Waals surface area (Å²) in [6.45, 7) is 4.40. The van der Waals surface area contributed by atoms with Crippen LogP contribution in [0.3, 0.4) is 0 Å². The Balaban J connectivity index is 2.10. The van der Waals surface area contributed by atoms with Crippen molar-refractivity contribution >= 4 is 34.1 Å². The van der Waals surface area contributed by atoms with Gasteiger partial charge in [-0.25, -0.2) is 4.79 Å². The van der Waals surface area contributed by atoms with E-state index in [-0.39, 0.29) is 18.1 Å². The van der Waals surface area contributed by atoms with Crippen LogP contribution in [0.25, 0.3) is 10.8 Å². The van der Waals surface area contributed by atoms with Gasteiger partial charge in [0.15, 0.2) is 5.11 Å². The Morgan fingerprint density at radius 2 is 1.93 bits per heavy atom. The molecule has 2 atom stereocenters. The van der Waals surface area contributed by atoms with Gasteiger partial charge in [0, 0.05) is 12.8 Å². The average molecular weight is 385 g/mol. The normalized spacial score (nSPS) is 18.4. The van der Waals surface area contributed by atoms with E-state index in [9.17, 15) is 4.79 Å². The number of fused-ring (bicyclic) bond motifs is 1. The molecule has 5 nitrogen and oxygen atoms in total. The predicted molar refractivity (Wildman–Crippen MR) is 110 cm³/mol. The first kappa shape index (κ1) is 19.3. The number of benzene rings is 2. The molecule has 2 aromatic rings. The van der Waals surface area contributed by atoms with Gasteiger partial charge < -0.3 is 19.7 Å². The number of nitrogens with zero attached hydrogens (tertiary/aromatic N) is 1. The molecular formula is C21H24N2O3S. The number of methoxy groups -OCH3 is 2. The summed E-state index contributed by atoms with van der Waals surface area (Å²) in [5, 5.41) is 6.16. The Morgan fingerprint density at radius 1 is 1.22 bits per heavy atom. The van der Waals surface area contributed by atoms with Crippen LogP contribution < -0.4 is 5.32 Å². The molecule has 0 saturated heterocycles. The second kappa shape index (κ2) is 8.06. The van der Waals surface area contributed by atoms with Crippen LogP contribution in [0.2, 0.25) is 0 Å². The molecule has 0 aliphatic carbocycles. The van der Waals surface area contributed by atoms with Gasteiger partial charge in [0.1, 0.15) is 0 Å². The van der Waals surface area contributed by atoms with Gasteiger partial charge in [-0.1, -0.05) is 36.4 Å². The van der Waals surface area contributed by atoms with Crippen molar-refractivity contribution < 1.29 is 14.3 Å². The zero-order valence-electron chi connectivity index (χ0n) is 16.0. The Bertz CT molecular complexity index is 909. The molecule has 1 N–H and O–H groups in total. The molecule has 1 heterocycles. The number of ether oxygens (including phenoxy) is 2. The third kappa shape index (κ3) is 3.68. The van der Waals surface area contributed by atoms with Gasteiger partial charge >= 0.3 is 5.97 Å². The van der Waals surface area contributed by atoms with Crippen molar-refractivity contribution in [3.05, 3.63) is 59.3 Å². The molecule has 0 amide bonds. The van der Waals surface area contributed by atoms with Crippen LogP contribution >= 0.6 is 12.2 Å². The number of esters is 1. The number of thiocarbonyl (C=S) groups is 1. The number of hydrogen-bond acceptors (Lipinski definition) is 4. The van der Waals surface area contributed by atoms with E-state index in [1.54, 1.807) is 7.11 Å². The Kier molecular flexibility index (Phi) is 5.77. The van der Waals surface area contributed by atoms with Crippen LogP contribution in [0.4, 0.5) is 0 Å². The second-order valence-electron chi connectivity index (χ2n) is 6.65. The molecule has 3 rings (SSSR count). The van der Waals surface area contributed by atoms with E-state index in [1.807, 2.05) is 36.9 Å². The largest absolute Gasteiger partial charge is 0.466 e. The van der Waals surface area contributed by atoms with Gasteiger partial charge in [-0.15, -0.1) is 0 Å². The fraction of sp³-hybridized carbons (Fsp3) is 0.333. The average Bonchev–Trinajstić information content (AvgIpc) is 2.66. The number of nitrogens with one attached hydrogen (secondary N) is 1. The van der Waals surface area contributed by atoms with E-state index in [1.165, 1.54) is 7.11 Å². The summed E-state index contributed by atoms with van der Waals surface area (Å²) in [5.74, 6) is -0.365. The van der Waals surface area contributed by atoms with Crippen LogP contribution in [0.5, 0.6) is 0 Å². The number of carbonyl (C=O) groups excluding carboxylic acids is 1. The summed E-state index contributed by atoms with van der Waals surface area (Å²) in [4.78, 5) is 14.6. The minimum Gasteiger partial charge on any atom is -0.466 e. The molecule has 0 bridgehead atoms. The number of carbonyl (C=O) groups is 1. The minimum absolute atomic E-state index is 0.00721. The van der Waals surface area contributed by atoms with E-state index in [2.05, 4.69) is 29.6 Å². The van der Waals surface area contributed by atoms with E-state index < -0.39 is 0 Å². The molecule has 0 spiro atoms. The SMILES string of the molecule is COC[C@H](C)N1C(=S)N[C@H](c2ccc3ccccc3c2)C(C(=O)OC)=C1C. The summed E-state index contributed by atoms with van der Waals surface area (Å²) in [5.41, 5.74) is 2.31. The van der Waals surface area contributed by atoms with E-state index >= 15 is 0 Å². The molecule has 0 radical (unpaired) electrons. The maximum Gasteiger partial charge on any atom is 0.337 e. The minimum atomic E-state index is -0.365. The third-order valence-electron chi connectivity index (χ3n) is 4.89. The first-order chi connectivity index (χ1) is 13.0. The van der Waals surface area contributed by atoms with Crippen LogP contribution in [0.15, 0.2) is 53.7 Å². The van der Waals surface area contributed by atoms with Crippen LogP contribution in [0.1, 0.15) is 25.5 Å². The van der Waals surface area contributed by atoms with Crippen molar-refractivity contribution in [3.8, 4) is 0 Å². The first-order valence-corrected chi connectivity index (χ1v) is 9.25. The van der Waals surface area contributed by atoms with E-state index in [4.69, 9.17) is 21.7 Å². The highest BCUT2D eigenvalue weighted by molar-refractivity contribution is 7.80. The smallest absolute Gasteiger partial charge is 0.337 e. The molecule has 1 aliphatic rings. The third-order valence-corrected chi connectivity index (χ3v) is 5.20. The van der Waals surface area contributed by atoms with E-state index in [0.29, 0.717) is 17.3 Å². The van der Waals surface area contributed by atoms with Crippen molar-refractivity contribution in [2.75, 3.05) is 20.8 Å². The van der Waals surface area contributed by atoms with Crippen molar-refractivity contribution in [1.29, 1.82) is 0 Å². The van der Waals surface area contributed by atoms with Gasteiger partial charge in [-0.05, 0) is 48.5 Å². The lowest BCUT2D eigenvalue weighted by atomic mass is 9.93. The second-order valence-corrected chi connectivity index (χ2v) is 7.04. The first-order valence-electron chi connectivity index (χ1n) is 8.84. The molecule has 0 fully saturated rings. The summed E-state index contributed by atoms with van der Waals surface area (Å²) in [7, 11) is 3.05. The lowest BCUT2D eigenvalue weighted by molar-refractivity contribution is -0.136. The van der Waals surface area contributed by atoms with Crippen LogP contribution in [0, 0.1) is 0 Å². The highest BCUT2D eigenvalue weighted by atomic mass is 32.1. The highest BCUT2D eigenvalue weighted by Crippen LogP contribution is 2.33. The summed E-state index contributed by atoms with van der Waals surface area (Å²) >= 11 is 5.62. The van der Waals surface area contributed by atoms with Gasteiger partial charge in [0.25, 0.3) is 0 Å². The summed E-state index contributed by atoms with van der Waals surface area (Å²) in [6, 6.07) is 13.9. The topological polar surface area (TPSA) is 50.8 Å². The van der Waals surface area contributed by atoms with E-state index in [0.717, 1.165) is 22.0 Å². The highest BCUT2D eigenvalue weighted by Gasteiger charge is 2.36. The number of allylic oxidation sites excluding steroid dienone is 1. The maximum absolute atomic E-state index is 12.6. The number of rotatable bonds is 5. The molecule has 27 heavy (non-hydrogen) atoms. The van der Waals surface area contributed by atoms with Crippen molar-refractivity contribution in [2.24, 2.45) is 0 Å². The summed E-state index contributed by atoms with van der Waals surface area (Å²) in [6.07, 6.45) is 0. The molecule has 2 aromatic carbocycles.